The molecule has 0 saturated heterocycles. The fraction of sp³-hybridized carbons (Fsp3) is 0.667. The summed E-state index contributed by atoms with van der Waals surface area (Å²) >= 11 is 0. The SMILES string of the molecule is CCCC(O)(COC(C)(C)C)C(CC(C=O)OCc1ccccc1)OC. The first-order chi connectivity index (χ1) is 12.2. The zero-order valence-corrected chi connectivity index (χ0v) is 16.7. The third-order valence-electron chi connectivity index (χ3n) is 4.23. The maximum Gasteiger partial charge on any atom is 0.148 e. The molecule has 1 N–H and O–H groups in total. The van der Waals surface area contributed by atoms with Crippen molar-refractivity contribution in [1.29, 1.82) is 0 Å². The summed E-state index contributed by atoms with van der Waals surface area (Å²) in [5.74, 6) is 0. The highest BCUT2D eigenvalue weighted by Gasteiger charge is 2.39. The minimum absolute atomic E-state index is 0.146. The Hall–Kier alpha value is -1.27. The molecule has 0 spiro atoms. The number of aliphatic hydroxyl groups is 1. The lowest BCUT2D eigenvalue weighted by Crippen LogP contribution is -2.50. The first-order valence-electron chi connectivity index (χ1n) is 9.24. The highest BCUT2D eigenvalue weighted by molar-refractivity contribution is 5.56. The topological polar surface area (TPSA) is 65.0 Å². The molecular formula is C21H34O5. The van der Waals surface area contributed by atoms with Crippen LogP contribution in [0.15, 0.2) is 30.3 Å². The van der Waals surface area contributed by atoms with Crippen LogP contribution in [-0.2, 0) is 25.6 Å². The highest BCUT2D eigenvalue weighted by Crippen LogP contribution is 2.27. The molecule has 0 aromatic heterocycles. The molecule has 0 aliphatic rings. The van der Waals surface area contributed by atoms with Gasteiger partial charge >= 0.3 is 0 Å². The first kappa shape index (κ1) is 22.8. The fourth-order valence-electron chi connectivity index (χ4n) is 2.79. The second kappa shape index (κ2) is 10.8. The van der Waals surface area contributed by atoms with E-state index in [-0.39, 0.29) is 18.6 Å². The van der Waals surface area contributed by atoms with Crippen LogP contribution in [0.2, 0.25) is 0 Å². The van der Waals surface area contributed by atoms with E-state index in [4.69, 9.17) is 14.2 Å². The van der Waals surface area contributed by atoms with Gasteiger partial charge in [-0.25, -0.2) is 0 Å². The Balaban J connectivity index is 2.75. The van der Waals surface area contributed by atoms with Crippen LogP contribution < -0.4 is 0 Å². The van der Waals surface area contributed by atoms with Crippen molar-refractivity contribution in [2.75, 3.05) is 13.7 Å². The summed E-state index contributed by atoms with van der Waals surface area (Å²) in [6, 6.07) is 9.68. The Morgan fingerprint density at radius 2 is 1.85 bits per heavy atom. The van der Waals surface area contributed by atoms with E-state index in [9.17, 15) is 9.90 Å². The van der Waals surface area contributed by atoms with Gasteiger partial charge in [0, 0.05) is 13.5 Å². The summed E-state index contributed by atoms with van der Waals surface area (Å²) in [4.78, 5) is 11.5. The lowest BCUT2D eigenvalue weighted by Gasteiger charge is -2.38. The van der Waals surface area contributed by atoms with Crippen molar-refractivity contribution < 1.29 is 24.1 Å². The molecule has 26 heavy (non-hydrogen) atoms. The summed E-state index contributed by atoms with van der Waals surface area (Å²) in [7, 11) is 1.54. The van der Waals surface area contributed by atoms with Crippen molar-refractivity contribution in [2.24, 2.45) is 0 Å². The van der Waals surface area contributed by atoms with E-state index in [1.165, 1.54) is 0 Å². The molecule has 5 heteroatoms. The lowest BCUT2D eigenvalue weighted by molar-refractivity contribution is -0.171. The molecule has 1 rings (SSSR count). The Morgan fingerprint density at radius 1 is 1.19 bits per heavy atom. The van der Waals surface area contributed by atoms with Gasteiger partial charge in [0.2, 0.25) is 0 Å². The van der Waals surface area contributed by atoms with Gasteiger partial charge in [0.05, 0.1) is 24.9 Å². The molecule has 0 fully saturated rings. The molecule has 1 aromatic carbocycles. The van der Waals surface area contributed by atoms with E-state index in [2.05, 4.69) is 0 Å². The number of hydrogen-bond donors (Lipinski definition) is 1. The van der Waals surface area contributed by atoms with Crippen LogP contribution in [-0.4, -0.2) is 48.5 Å². The number of carbonyl (C=O) groups is 1. The van der Waals surface area contributed by atoms with Gasteiger partial charge < -0.3 is 24.1 Å². The number of methoxy groups -OCH3 is 1. The Bertz CT molecular complexity index is 511. The van der Waals surface area contributed by atoms with Crippen LogP contribution in [0.25, 0.3) is 0 Å². The van der Waals surface area contributed by atoms with Crippen molar-refractivity contribution in [1.82, 2.24) is 0 Å². The van der Waals surface area contributed by atoms with Gasteiger partial charge in [0.1, 0.15) is 18.0 Å². The van der Waals surface area contributed by atoms with Crippen LogP contribution >= 0.6 is 0 Å². The van der Waals surface area contributed by atoms with Gasteiger partial charge in [-0.1, -0.05) is 43.7 Å². The lowest BCUT2D eigenvalue weighted by atomic mass is 9.88. The summed E-state index contributed by atoms with van der Waals surface area (Å²) < 4.78 is 17.1. The fourth-order valence-corrected chi connectivity index (χ4v) is 2.79. The van der Waals surface area contributed by atoms with Crippen LogP contribution in [0.4, 0.5) is 0 Å². The molecule has 3 unspecified atom stereocenters. The van der Waals surface area contributed by atoms with Crippen molar-refractivity contribution in [3.63, 3.8) is 0 Å². The highest BCUT2D eigenvalue weighted by atomic mass is 16.5. The first-order valence-corrected chi connectivity index (χ1v) is 9.24. The maximum absolute atomic E-state index is 11.5. The molecule has 3 atom stereocenters. The third-order valence-corrected chi connectivity index (χ3v) is 4.23. The zero-order chi connectivity index (χ0) is 19.6. The minimum atomic E-state index is -1.17. The van der Waals surface area contributed by atoms with Gasteiger partial charge in [-0.2, -0.15) is 0 Å². The monoisotopic (exact) mass is 366 g/mol. The number of ether oxygens (including phenoxy) is 3. The van der Waals surface area contributed by atoms with Crippen LogP contribution in [0, 0.1) is 0 Å². The van der Waals surface area contributed by atoms with E-state index in [1.807, 2.05) is 58.0 Å². The number of carbonyl (C=O) groups excluding carboxylic acids is 1. The zero-order valence-electron chi connectivity index (χ0n) is 16.7. The summed E-state index contributed by atoms with van der Waals surface area (Å²) in [6.45, 7) is 8.31. The third kappa shape index (κ3) is 7.96. The van der Waals surface area contributed by atoms with Crippen LogP contribution in [0.1, 0.15) is 52.5 Å². The van der Waals surface area contributed by atoms with E-state index >= 15 is 0 Å². The Kier molecular flexibility index (Phi) is 9.44. The molecule has 0 heterocycles. The van der Waals surface area contributed by atoms with Crippen molar-refractivity contribution in [2.45, 2.75) is 77.0 Å². The molecule has 5 nitrogen and oxygen atoms in total. The molecule has 0 amide bonds. The maximum atomic E-state index is 11.5. The Labute approximate surface area is 157 Å². The van der Waals surface area contributed by atoms with Crippen molar-refractivity contribution in [3.05, 3.63) is 35.9 Å². The smallest absolute Gasteiger partial charge is 0.148 e. The van der Waals surface area contributed by atoms with Gasteiger partial charge in [0.25, 0.3) is 0 Å². The predicted molar refractivity (Wildman–Crippen MR) is 102 cm³/mol. The largest absolute Gasteiger partial charge is 0.385 e. The second-order valence-electron chi connectivity index (χ2n) is 7.69. The van der Waals surface area contributed by atoms with Crippen LogP contribution in [0.3, 0.4) is 0 Å². The summed E-state index contributed by atoms with van der Waals surface area (Å²) in [5.41, 5.74) is -0.546. The van der Waals surface area contributed by atoms with E-state index in [0.717, 1.165) is 18.3 Å². The van der Waals surface area contributed by atoms with E-state index < -0.39 is 17.8 Å². The van der Waals surface area contributed by atoms with Crippen molar-refractivity contribution in [3.8, 4) is 0 Å². The quantitative estimate of drug-likeness (QED) is 0.573. The van der Waals surface area contributed by atoms with E-state index in [1.54, 1.807) is 7.11 Å². The summed E-state index contributed by atoms with van der Waals surface area (Å²) in [6.07, 6.45) is 1.13. The standard InChI is InChI=1S/C21H34O5/c1-6-12-21(23,16-26-20(2,3)4)19(24-5)13-18(14-22)25-15-17-10-8-7-9-11-17/h7-11,14,18-19,23H,6,12-13,15-16H2,1-5H3. The normalized spacial score (nSPS) is 16.7. The molecule has 0 bridgehead atoms. The van der Waals surface area contributed by atoms with Crippen LogP contribution in [0.5, 0.6) is 0 Å². The molecule has 1 aromatic rings. The van der Waals surface area contributed by atoms with Gasteiger partial charge in [-0.05, 0) is 32.8 Å². The molecule has 0 aliphatic heterocycles. The molecule has 148 valence electrons. The molecule has 0 radical (unpaired) electrons. The van der Waals surface area contributed by atoms with E-state index in [0.29, 0.717) is 13.0 Å². The molecule has 0 aliphatic carbocycles. The summed E-state index contributed by atoms with van der Waals surface area (Å²) in [5, 5.41) is 11.1. The molecule has 0 saturated carbocycles. The molecular weight excluding hydrogens is 332 g/mol. The average Bonchev–Trinajstić information content (AvgIpc) is 2.61. The predicted octanol–water partition coefficient (Wildman–Crippen LogP) is 3.52. The number of rotatable bonds is 12. The van der Waals surface area contributed by atoms with Gasteiger partial charge in [-0.15, -0.1) is 0 Å². The number of benzene rings is 1. The van der Waals surface area contributed by atoms with Crippen molar-refractivity contribution >= 4 is 6.29 Å². The number of aldehydes is 1. The van der Waals surface area contributed by atoms with Gasteiger partial charge in [0.15, 0.2) is 0 Å². The second-order valence-corrected chi connectivity index (χ2v) is 7.69. The number of hydrogen-bond acceptors (Lipinski definition) is 5. The minimum Gasteiger partial charge on any atom is -0.385 e. The Morgan fingerprint density at radius 3 is 2.35 bits per heavy atom. The average molecular weight is 366 g/mol. The van der Waals surface area contributed by atoms with Gasteiger partial charge in [-0.3, -0.25) is 0 Å².